The first-order chi connectivity index (χ1) is 15.1. The van der Waals surface area contributed by atoms with Gasteiger partial charge in [0.15, 0.2) is 0 Å². The molecule has 0 aliphatic carbocycles. The van der Waals surface area contributed by atoms with Gasteiger partial charge in [0.1, 0.15) is 23.1 Å². The van der Waals surface area contributed by atoms with Gasteiger partial charge in [-0.05, 0) is 63.1 Å². The summed E-state index contributed by atoms with van der Waals surface area (Å²) >= 11 is 1.68. The van der Waals surface area contributed by atoms with Gasteiger partial charge < -0.3 is 14.2 Å². The number of hydrogen-bond donors (Lipinski definition) is 0. The average Bonchev–Trinajstić information content (AvgIpc) is 3.51. The van der Waals surface area contributed by atoms with Gasteiger partial charge in [-0.2, -0.15) is 0 Å². The van der Waals surface area contributed by atoms with Gasteiger partial charge in [-0.1, -0.05) is 17.3 Å². The van der Waals surface area contributed by atoms with Crippen LogP contribution in [0.15, 0.2) is 53.1 Å². The molecule has 1 amide bonds. The second-order valence-corrected chi connectivity index (χ2v) is 8.85. The molecular formula is C24H23N3O3S. The Morgan fingerprint density at radius 3 is 2.74 bits per heavy atom. The Balaban J connectivity index is 1.30. The van der Waals surface area contributed by atoms with Gasteiger partial charge >= 0.3 is 0 Å². The molecule has 1 aliphatic rings. The maximum Gasteiger partial charge on any atom is 0.254 e. The summed E-state index contributed by atoms with van der Waals surface area (Å²) in [4.78, 5) is 20.0. The van der Waals surface area contributed by atoms with Crippen LogP contribution in [-0.2, 0) is 6.61 Å². The van der Waals surface area contributed by atoms with Crippen molar-refractivity contribution >= 4 is 27.5 Å². The zero-order valence-electron chi connectivity index (χ0n) is 17.5. The van der Waals surface area contributed by atoms with Crippen LogP contribution in [-0.4, -0.2) is 27.5 Å². The number of ether oxygens (including phenoxy) is 1. The summed E-state index contributed by atoms with van der Waals surface area (Å²) < 4.78 is 12.2. The largest absolute Gasteiger partial charge is 0.489 e. The molecule has 0 saturated carbocycles. The SMILES string of the molecule is Cc1noc(C)c1COc1ccc(C(=O)N2CCCC2c2nc3ccccc3s2)cc1. The highest BCUT2D eigenvalue weighted by Gasteiger charge is 2.32. The van der Waals surface area contributed by atoms with Crippen molar-refractivity contribution in [3.63, 3.8) is 0 Å². The maximum absolute atomic E-state index is 13.2. The first-order valence-corrected chi connectivity index (χ1v) is 11.2. The Morgan fingerprint density at radius 2 is 2.00 bits per heavy atom. The van der Waals surface area contributed by atoms with Crippen LogP contribution in [0.5, 0.6) is 5.75 Å². The highest BCUT2D eigenvalue weighted by atomic mass is 32.1. The number of aryl methyl sites for hydroxylation is 2. The fourth-order valence-corrected chi connectivity index (χ4v) is 5.14. The van der Waals surface area contributed by atoms with Gasteiger partial charge in [0.2, 0.25) is 0 Å². The molecule has 0 bridgehead atoms. The molecule has 0 radical (unpaired) electrons. The molecule has 3 heterocycles. The number of thiazole rings is 1. The van der Waals surface area contributed by atoms with E-state index in [1.54, 1.807) is 11.3 Å². The van der Waals surface area contributed by atoms with Gasteiger partial charge in [0.25, 0.3) is 5.91 Å². The minimum atomic E-state index is 0.0408. The Morgan fingerprint density at radius 1 is 1.19 bits per heavy atom. The lowest BCUT2D eigenvalue weighted by molar-refractivity contribution is 0.0735. The number of nitrogens with zero attached hydrogens (tertiary/aromatic N) is 3. The smallest absolute Gasteiger partial charge is 0.254 e. The predicted molar refractivity (Wildman–Crippen MR) is 119 cm³/mol. The molecule has 0 spiro atoms. The van der Waals surface area contributed by atoms with Gasteiger partial charge in [-0.3, -0.25) is 4.79 Å². The number of hydrogen-bond acceptors (Lipinski definition) is 6. The molecular weight excluding hydrogens is 410 g/mol. The normalized spacial score (nSPS) is 16.2. The summed E-state index contributed by atoms with van der Waals surface area (Å²) in [5.41, 5.74) is 3.45. The van der Waals surface area contributed by atoms with Crippen molar-refractivity contribution in [2.24, 2.45) is 0 Å². The molecule has 4 aromatic rings. The lowest BCUT2D eigenvalue weighted by Gasteiger charge is -2.23. The van der Waals surface area contributed by atoms with E-state index in [4.69, 9.17) is 14.2 Å². The topological polar surface area (TPSA) is 68.5 Å². The molecule has 0 N–H and O–H groups in total. The third-order valence-corrected chi connectivity index (χ3v) is 6.91. The van der Waals surface area contributed by atoms with E-state index < -0.39 is 0 Å². The maximum atomic E-state index is 13.2. The third kappa shape index (κ3) is 3.81. The number of rotatable bonds is 5. The molecule has 1 atom stereocenters. The Kier molecular flexibility index (Phi) is 5.19. The molecule has 1 fully saturated rings. The lowest BCUT2D eigenvalue weighted by atomic mass is 10.1. The number of amides is 1. The van der Waals surface area contributed by atoms with Crippen LogP contribution < -0.4 is 4.74 Å². The number of aromatic nitrogens is 2. The molecule has 1 unspecified atom stereocenters. The quantitative estimate of drug-likeness (QED) is 0.418. The van der Waals surface area contributed by atoms with Crippen molar-refractivity contribution in [1.29, 1.82) is 0 Å². The van der Waals surface area contributed by atoms with Crippen LogP contribution in [0.25, 0.3) is 10.2 Å². The molecule has 2 aromatic carbocycles. The molecule has 1 aliphatic heterocycles. The van der Waals surface area contributed by atoms with Crippen molar-refractivity contribution in [2.45, 2.75) is 39.3 Å². The Labute approximate surface area is 184 Å². The van der Waals surface area contributed by atoms with E-state index in [1.807, 2.05) is 61.2 Å². The molecule has 7 heteroatoms. The van der Waals surface area contributed by atoms with E-state index in [-0.39, 0.29) is 11.9 Å². The van der Waals surface area contributed by atoms with Gasteiger partial charge in [0.05, 0.1) is 27.5 Å². The highest BCUT2D eigenvalue weighted by molar-refractivity contribution is 7.18. The van der Waals surface area contributed by atoms with Crippen molar-refractivity contribution in [2.75, 3.05) is 6.54 Å². The molecule has 2 aromatic heterocycles. The zero-order chi connectivity index (χ0) is 21.4. The van der Waals surface area contributed by atoms with Crippen LogP contribution >= 0.6 is 11.3 Å². The highest BCUT2D eigenvalue weighted by Crippen LogP contribution is 2.37. The lowest BCUT2D eigenvalue weighted by Crippen LogP contribution is -2.30. The van der Waals surface area contributed by atoms with E-state index in [0.717, 1.165) is 51.6 Å². The predicted octanol–water partition coefficient (Wildman–Crippen LogP) is 5.46. The molecule has 5 rings (SSSR count). The van der Waals surface area contributed by atoms with Crippen molar-refractivity contribution in [1.82, 2.24) is 15.0 Å². The Bertz CT molecular complexity index is 1180. The van der Waals surface area contributed by atoms with Crippen LogP contribution in [0, 0.1) is 13.8 Å². The van der Waals surface area contributed by atoms with E-state index in [1.165, 1.54) is 0 Å². The van der Waals surface area contributed by atoms with E-state index >= 15 is 0 Å². The summed E-state index contributed by atoms with van der Waals surface area (Å²) in [5.74, 6) is 1.51. The van der Waals surface area contributed by atoms with Gasteiger partial charge in [-0.15, -0.1) is 11.3 Å². The fourth-order valence-electron chi connectivity index (χ4n) is 4.02. The summed E-state index contributed by atoms with van der Waals surface area (Å²) in [6.07, 6.45) is 1.94. The van der Waals surface area contributed by atoms with Crippen molar-refractivity contribution in [3.8, 4) is 5.75 Å². The number of benzene rings is 2. The minimum Gasteiger partial charge on any atom is -0.489 e. The zero-order valence-corrected chi connectivity index (χ0v) is 18.3. The van der Waals surface area contributed by atoms with Crippen LogP contribution in [0.4, 0.5) is 0 Å². The number of likely N-dealkylation sites (tertiary alicyclic amines) is 1. The van der Waals surface area contributed by atoms with Crippen molar-refractivity contribution < 1.29 is 14.1 Å². The second-order valence-electron chi connectivity index (χ2n) is 7.79. The Hall–Kier alpha value is -3.19. The van der Waals surface area contributed by atoms with Gasteiger partial charge in [-0.25, -0.2) is 4.98 Å². The van der Waals surface area contributed by atoms with E-state index in [0.29, 0.717) is 17.9 Å². The average molecular weight is 434 g/mol. The second kappa shape index (κ2) is 8.15. The van der Waals surface area contributed by atoms with E-state index in [2.05, 4.69) is 11.2 Å². The van der Waals surface area contributed by atoms with Crippen LogP contribution in [0.1, 0.15) is 51.3 Å². The molecule has 1 saturated heterocycles. The van der Waals surface area contributed by atoms with Crippen molar-refractivity contribution in [3.05, 3.63) is 76.1 Å². The summed E-state index contributed by atoms with van der Waals surface area (Å²) in [7, 11) is 0. The number of carbonyl (C=O) groups is 1. The van der Waals surface area contributed by atoms with Gasteiger partial charge in [0, 0.05) is 12.1 Å². The monoisotopic (exact) mass is 433 g/mol. The number of para-hydroxylation sites is 1. The standard InChI is InChI=1S/C24H23N3O3S/c1-15-19(16(2)30-26-15)14-29-18-11-9-17(10-12-18)24(28)27-13-5-7-21(27)23-25-20-6-3-4-8-22(20)31-23/h3-4,6,8-12,21H,5,7,13-14H2,1-2H3. The molecule has 6 nitrogen and oxygen atoms in total. The third-order valence-electron chi connectivity index (χ3n) is 5.77. The molecule has 31 heavy (non-hydrogen) atoms. The number of carbonyl (C=O) groups excluding carboxylic acids is 1. The molecule has 158 valence electrons. The summed E-state index contributed by atoms with van der Waals surface area (Å²) in [5, 5.41) is 4.97. The number of fused-ring (bicyclic) bond motifs is 1. The fraction of sp³-hybridized carbons (Fsp3) is 0.292. The first-order valence-electron chi connectivity index (χ1n) is 10.4. The van der Waals surface area contributed by atoms with E-state index in [9.17, 15) is 4.79 Å². The van der Waals surface area contributed by atoms with Crippen LogP contribution in [0.2, 0.25) is 0 Å². The summed E-state index contributed by atoms with van der Waals surface area (Å²) in [6, 6.07) is 15.5. The summed E-state index contributed by atoms with van der Waals surface area (Å²) in [6.45, 7) is 4.91. The minimum absolute atomic E-state index is 0.0408. The van der Waals surface area contributed by atoms with Crippen LogP contribution in [0.3, 0.4) is 0 Å². The first kappa shape index (κ1) is 19.8.